The number of carboxylic acids is 1. The molecule has 0 amide bonds. The van der Waals surface area contributed by atoms with Crippen molar-refractivity contribution in [3.8, 4) is 6.07 Å². The Morgan fingerprint density at radius 2 is 2.29 bits per heavy atom. The molecule has 2 heterocycles. The number of hydrogen-bond acceptors (Lipinski definition) is 5. The van der Waals surface area contributed by atoms with Gasteiger partial charge in [-0.2, -0.15) is 5.26 Å². The third kappa shape index (κ3) is 2.18. The second-order valence-electron chi connectivity index (χ2n) is 4.16. The summed E-state index contributed by atoms with van der Waals surface area (Å²) in [5, 5.41) is 17.4. The molecule has 0 aromatic carbocycles. The molecule has 1 aromatic heterocycles. The van der Waals surface area contributed by atoms with Gasteiger partial charge < -0.3 is 10.0 Å². The van der Waals surface area contributed by atoms with Crippen molar-refractivity contribution in [2.45, 2.75) is 6.92 Å². The molecule has 1 atom stereocenters. The summed E-state index contributed by atoms with van der Waals surface area (Å²) in [4.78, 5) is 20.8. The fraction of sp³-hybridized carbons (Fsp3) is 0.455. The van der Waals surface area contributed by atoms with Gasteiger partial charge in [0.25, 0.3) is 0 Å². The Balaban J connectivity index is 1.95. The first-order chi connectivity index (χ1) is 8.11. The summed E-state index contributed by atoms with van der Waals surface area (Å²) in [6.45, 7) is 3.07. The van der Waals surface area contributed by atoms with Gasteiger partial charge >= 0.3 is 5.97 Å². The lowest BCUT2D eigenvalue weighted by atomic mass is 9.87. The zero-order valence-electron chi connectivity index (χ0n) is 9.37. The molecule has 88 valence electrons. The van der Waals surface area contributed by atoms with Crippen LogP contribution in [0.25, 0.3) is 0 Å². The Bertz CT molecular complexity index is 459. The number of hydrogen-bond donors (Lipinski definition) is 1. The van der Waals surface area contributed by atoms with E-state index >= 15 is 0 Å². The maximum atomic E-state index is 10.8. The summed E-state index contributed by atoms with van der Waals surface area (Å²) in [6, 6.07) is 1.90. The molecular formula is C11H12N4O2. The van der Waals surface area contributed by atoms with Gasteiger partial charge in [0.15, 0.2) is 5.69 Å². The quantitative estimate of drug-likeness (QED) is 0.816. The molecular weight excluding hydrogens is 220 g/mol. The first-order valence-electron chi connectivity index (χ1n) is 5.31. The zero-order valence-corrected chi connectivity index (χ0v) is 9.37. The average molecular weight is 232 g/mol. The van der Waals surface area contributed by atoms with E-state index in [0.29, 0.717) is 18.9 Å². The zero-order chi connectivity index (χ0) is 12.4. The molecule has 1 unspecified atom stereocenters. The molecule has 0 spiro atoms. The molecule has 0 saturated carbocycles. The standard InChI is InChI=1S/C11H12N4O2/c1-7(11(16)17)8-5-15(6-8)10-4-13-9(2-12)3-14-10/h3-4,7-8H,5-6H2,1H3,(H,16,17). The number of nitrogens with zero attached hydrogens (tertiary/aromatic N) is 4. The normalized spacial score (nSPS) is 17.1. The van der Waals surface area contributed by atoms with E-state index in [0.717, 1.165) is 0 Å². The minimum absolute atomic E-state index is 0.157. The van der Waals surface area contributed by atoms with Crippen LogP contribution in [-0.2, 0) is 4.79 Å². The topological polar surface area (TPSA) is 90.1 Å². The van der Waals surface area contributed by atoms with Crippen LogP contribution in [0.5, 0.6) is 0 Å². The smallest absolute Gasteiger partial charge is 0.306 e. The van der Waals surface area contributed by atoms with Gasteiger partial charge in [0, 0.05) is 19.0 Å². The van der Waals surface area contributed by atoms with Crippen LogP contribution in [0.4, 0.5) is 5.82 Å². The van der Waals surface area contributed by atoms with Gasteiger partial charge in [0.2, 0.25) is 0 Å². The van der Waals surface area contributed by atoms with E-state index in [4.69, 9.17) is 10.4 Å². The van der Waals surface area contributed by atoms with Crippen LogP contribution < -0.4 is 4.90 Å². The Kier molecular flexibility index (Phi) is 2.91. The van der Waals surface area contributed by atoms with Crippen molar-refractivity contribution in [2.75, 3.05) is 18.0 Å². The van der Waals surface area contributed by atoms with Crippen LogP contribution in [0.3, 0.4) is 0 Å². The Labute approximate surface area is 98.5 Å². The minimum atomic E-state index is -0.763. The molecule has 1 N–H and O–H groups in total. The lowest BCUT2D eigenvalue weighted by molar-refractivity contribution is -0.143. The third-order valence-electron chi connectivity index (χ3n) is 3.08. The van der Waals surface area contributed by atoms with Crippen LogP contribution in [-0.4, -0.2) is 34.1 Å². The summed E-state index contributed by atoms with van der Waals surface area (Å²) >= 11 is 0. The molecule has 0 radical (unpaired) electrons. The number of aromatic nitrogens is 2. The van der Waals surface area contributed by atoms with E-state index in [9.17, 15) is 4.79 Å². The van der Waals surface area contributed by atoms with Crippen molar-refractivity contribution in [3.05, 3.63) is 18.1 Å². The monoisotopic (exact) mass is 232 g/mol. The lowest BCUT2D eigenvalue weighted by Gasteiger charge is -2.41. The molecule has 1 fully saturated rings. The second kappa shape index (κ2) is 4.37. The molecule has 6 nitrogen and oxygen atoms in total. The molecule has 1 saturated heterocycles. The van der Waals surface area contributed by atoms with Crippen LogP contribution in [0.2, 0.25) is 0 Å². The van der Waals surface area contributed by atoms with Crippen molar-refractivity contribution in [1.82, 2.24) is 9.97 Å². The Morgan fingerprint density at radius 3 is 2.76 bits per heavy atom. The van der Waals surface area contributed by atoms with Gasteiger partial charge in [0.05, 0.1) is 18.3 Å². The molecule has 0 aliphatic carbocycles. The number of carboxylic acid groups (broad SMARTS) is 1. The van der Waals surface area contributed by atoms with Crippen LogP contribution in [0, 0.1) is 23.2 Å². The van der Waals surface area contributed by atoms with Crippen molar-refractivity contribution < 1.29 is 9.90 Å². The van der Waals surface area contributed by atoms with Gasteiger partial charge in [-0.25, -0.2) is 9.97 Å². The number of rotatable bonds is 3. The highest BCUT2D eigenvalue weighted by molar-refractivity contribution is 5.70. The van der Waals surface area contributed by atoms with Gasteiger partial charge in [-0.1, -0.05) is 6.92 Å². The van der Waals surface area contributed by atoms with Gasteiger partial charge in [-0.05, 0) is 0 Å². The van der Waals surface area contributed by atoms with E-state index in [2.05, 4.69) is 9.97 Å². The van der Waals surface area contributed by atoms with E-state index in [1.807, 2.05) is 11.0 Å². The highest BCUT2D eigenvalue weighted by Gasteiger charge is 2.35. The average Bonchev–Trinajstić information content (AvgIpc) is 2.27. The first kappa shape index (κ1) is 11.3. The summed E-state index contributed by atoms with van der Waals surface area (Å²) < 4.78 is 0. The van der Waals surface area contributed by atoms with E-state index < -0.39 is 5.97 Å². The fourth-order valence-corrected chi connectivity index (χ4v) is 1.76. The highest BCUT2D eigenvalue weighted by Crippen LogP contribution is 2.27. The molecule has 17 heavy (non-hydrogen) atoms. The van der Waals surface area contributed by atoms with Gasteiger partial charge in [0.1, 0.15) is 11.9 Å². The Morgan fingerprint density at radius 1 is 1.59 bits per heavy atom. The van der Waals surface area contributed by atoms with Gasteiger partial charge in [-0.15, -0.1) is 0 Å². The predicted octanol–water partition coefficient (Wildman–Crippen LogP) is 0.505. The lowest BCUT2D eigenvalue weighted by Crippen LogP contribution is -2.51. The van der Waals surface area contributed by atoms with Crippen LogP contribution in [0.15, 0.2) is 12.4 Å². The van der Waals surface area contributed by atoms with E-state index in [1.165, 1.54) is 6.20 Å². The van der Waals surface area contributed by atoms with Crippen molar-refractivity contribution >= 4 is 11.8 Å². The SMILES string of the molecule is CC(C(=O)O)C1CN(c2cnc(C#N)cn2)C1. The predicted molar refractivity (Wildman–Crippen MR) is 59.2 cm³/mol. The number of carbonyl (C=O) groups is 1. The molecule has 6 heteroatoms. The highest BCUT2D eigenvalue weighted by atomic mass is 16.4. The number of anilines is 1. The number of nitriles is 1. The molecule has 2 rings (SSSR count). The van der Waals surface area contributed by atoms with Crippen molar-refractivity contribution in [1.29, 1.82) is 5.26 Å². The summed E-state index contributed by atoms with van der Waals surface area (Å²) in [5.41, 5.74) is 0.282. The molecule has 1 aliphatic heterocycles. The van der Waals surface area contributed by atoms with E-state index in [1.54, 1.807) is 13.1 Å². The van der Waals surface area contributed by atoms with Crippen LogP contribution in [0.1, 0.15) is 12.6 Å². The first-order valence-corrected chi connectivity index (χ1v) is 5.31. The largest absolute Gasteiger partial charge is 0.481 e. The molecule has 0 bridgehead atoms. The maximum absolute atomic E-state index is 10.8. The minimum Gasteiger partial charge on any atom is -0.481 e. The summed E-state index contributed by atoms with van der Waals surface area (Å²) in [6.07, 6.45) is 2.96. The maximum Gasteiger partial charge on any atom is 0.306 e. The van der Waals surface area contributed by atoms with Gasteiger partial charge in [-0.3, -0.25) is 4.79 Å². The summed E-state index contributed by atoms with van der Waals surface area (Å²) in [5.74, 6) is -0.249. The van der Waals surface area contributed by atoms with Crippen molar-refractivity contribution in [2.24, 2.45) is 11.8 Å². The third-order valence-corrected chi connectivity index (χ3v) is 3.08. The molecule has 1 aliphatic rings. The summed E-state index contributed by atoms with van der Waals surface area (Å²) in [7, 11) is 0. The number of aliphatic carboxylic acids is 1. The Hall–Kier alpha value is -2.16. The van der Waals surface area contributed by atoms with Crippen LogP contribution >= 0.6 is 0 Å². The fourth-order valence-electron chi connectivity index (χ4n) is 1.76. The second-order valence-corrected chi connectivity index (χ2v) is 4.16. The van der Waals surface area contributed by atoms with E-state index in [-0.39, 0.29) is 17.5 Å². The van der Waals surface area contributed by atoms with Crippen molar-refractivity contribution in [3.63, 3.8) is 0 Å². The molecule has 1 aromatic rings.